The monoisotopic (exact) mass is 359 g/mol. The predicted octanol–water partition coefficient (Wildman–Crippen LogP) is 3.05. The maximum Gasteiger partial charge on any atom is 0.0702 e. The van der Waals surface area contributed by atoms with Gasteiger partial charge in [-0.25, -0.2) is 0 Å². The van der Waals surface area contributed by atoms with Crippen LogP contribution >= 0.6 is 0 Å². The summed E-state index contributed by atoms with van der Waals surface area (Å²) in [5, 5.41) is 0. The number of rotatable bonds is 6. The molecule has 0 unspecified atom stereocenters. The lowest BCUT2D eigenvalue weighted by Crippen LogP contribution is -2.44. The van der Waals surface area contributed by atoms with Crippen LogP contribution in [0.1, 0.15) is 41.5 Å². The van der Waals surface area contributed by atoms with E-state index in [0.717, 1.165) is 26.2 Å². The number of aryl methyl sites for hydroxylation is 2. The van der Waals surface area contributed by atoms with Crippen molar-refractivity contribution in [2.75, 3.05) is 53.4 Å². The molecule has 4 nitrogen and oxygen atoms in total. The van der Waals surface area contributed by atoms with E-state index >= 15 is 0 Å². The number of ether oxygens (including phenoxy) is 1. The van der Waals surface area contributed by atoms with Crippen LogP contribution in [0.3, 0.4) is 0 Å². The maximum absolute atomic E-state index is 5.92. The minimum Gasteiger partial charge on any atom is -0.377 e. The van der Waals surface area contributed by atoms with Crippen molar-refractivity contribution in [3.63, 3.8) is 0 Å². The standard InChI is InChI=1S/C22H37N3O/c1-18-13-19(2)21(16-25-10-8-23(3)9-11-25)14-20(18)15-24(4)17-22-7-5-6-12-26-22/h13-14,22H,5-12,15-17H2,1-4H3/t22-/m1/s1. The van der Waals surface area contributed by atoms with E-state index < -0.39 is 0 Å². The highest BCUT2D eigenvalue weighted by Gasteiger charge is 2.18. The molecule has 26 heavy (non-hydrogen) atoms. The number of hydrogen-bond acceptors (Lipinski definition) is 4. The zero-order chi connectivity index (χ0) is 18.5. The topological polar surface area (TPSA) is 19.0 Å². The first kappa shape index (κ1) is 19.8. The van der Waals surface area contributed by atoms with E-state index in [-0.39, 0.29) is 0 Å². The van der Waals surface area contributed by atoms with E-state index in [0.29, 0.717) is 6.10 Å². The molecule has 0 N–H and O–H groups in total. The third kappa shape index (κ3) is 5.53. The molecule has 0 aromatic heterocycles. The Bertz CT molecular complexity index is 575. The smallest absolute Gasteiger partial charge is 0.0702 e. The fraction of sp³-hybridized carbons (Fsp3) is 0.727. The molecule has 0 amide bonds. The van der Waals surface area contributed by atoms with Gasteiger partial charge in [-0.2, -0.15) is 0 Å². The second-order valence-electron chi connectivity index (χ2n) is 8.47. The maximum atomic E-state index is 5.92. The van der Waals surface area contributed by atoms with E-state index in [9.17, 15) is 0 Å². The lowest BCUT2D eigenvalue weighted by Gasteiger charge is -2.33. The van der Waals surface area contributed by atoms with E-state index in [1.165, 1.54) is 67.7 Å². The van der Waals surface area contributed by atoms with Crippen LogP contribution < -0.4 is 0 Å². The molecule has 0 bridgehead atoms. The third-order valence-electron chi connectivity index (χ3n) is 6.01. The second-order valence-corrected chi connectivity index (χ2v) is 8.47. The highest BCUT2D eigenvalue weighted by molar-refractivity contribution is 5.37. The summed E-state index contributed by atoms with van der Waals surface area (Å²) in [6.07, 6.45) is 4.18. The van der Waals surface area contributed by atoms with E-state index in [4.69, 9.17) is 4.74 Å². The molecule has 1 aromatic rings. The first-order valence-corrected chi connectivity index (χ1v) is 10.3. The molecule has 4 heteroatoms. The zero-order valence-corrected chi connectivity index (χ0v) is 17.3. The largest absolute Gasteiger partial charge is 0.377 e. The van der Waals surface area contributed by atoms with Gasteiger partial charge < -0.3 is 9.64 Å². The summed E-state index contributed by atoms with van der Waals surface area (Å²) < 4.78 is 5.92. The van der Waals surface area contributed by atoms with Gasteiger partial charge in [0.1, 0.15) is 0 Å². The molecule has 1 aromatic carbocycles. The lowest BCUT2D eigenvalue weighted by molar-refractivity contribution is -0.00262. The molecule has 2 aliphatic heterocycles. The third-order valence-corrected chi connectivity index (χ3v) is 6.01. The van der Waals surface area contributed by atoms with E-state index in [2.05, 4.69) is 54.8 Å². The summed E-state index contributed by atoms with van der Waals surface area (Å²) in [5.41, 5.74) is 5.82. The van der Waals surface area contributed by atoms with Crippen molar-refractivity contribution < 1.29 is 4.74 Å². The molecule has 0 spiro atoms. The van der Waals surface area contributed by atoms with Gasteiger partial charge in [0.25, 0.3) is 0 Å². The van der Waals surface area contributed by atoms with Crippen molar-refractivity contribution in [1.29, 1.82) is 0 Å². The highest BCUT2D eigenvalue weighted by Crippen LogP contribution is 2.21. The number of nitrogens with zero attached hydrogens (tertiary/aromatic N) is 3. The van der Waals surface area contributed by atoms with Crippen LogP contribution in [-0.2, 0) is 17.8 Å². The Morgan fingerprint density at radius 2 is 1.77 bits per heavy atom. The number of hydrogen-bond donors (Lipinski definition) is 0. The minimum absolute atomic E-state index is 0.421. The fourth-order valence-electron chi connectivity index (χ4n) is 4.19. The van der Waals surface area contributed by atoms with Gasteiger partial charge in [-0.15, -0.1) is 0 Å². The summed E-state index contributed by atoms with van der Waals surface area (Å²) in [6, 6.07) is 4.84. The molecule has 2 heterocycles. The second kappa shape index (κ2) is 9.32. The Balaban J connectivity index is 1.61. The first-order chi connectivity index (χ1) is 12.5. The van der Waals surface area contributed by atoms with Gasteiger partial charge in [-0.1, -0.05) is 12.1 Å². The molecule has 2 fully saturated rings. The van der Waals surface area contributed by atoms with Gasteiger partial charge in [-0.3, -0.25) is 9.80 Å². The quantitative estimate of drug-likeness (QED) is 0.777. The zero-order valence-electron chi connectivity index (χ0n) is 17.3. The Morgan fingerprint density at radius 1 is 1.04 bits per heavy atom. The summed E-state index contributed by atoms with van der Waals surface area (Å²) in [7, 11) is 4.45. The van der Waals surface area contributed by atoms with Crippen LogP contribution in [0, 0.1) is 13.8 Å². The van der Waals surface area contributed by atoms with Crippen LogP contribution in [0.5, 0.6) is 0 Å². The minimum atomic E-state index is 0.421. The molecule has 2 saturated heterocycles. The number of benzene rings is 1. The SMILES string of the molecule is Cc1cc(C)c(CN2CCN(C)CC2)cc1CN(C)C[C@H]1CCCCO1. The van der Waals surface area contributed by atoms with Crippen LogP contribution in [0.4, 0.5) is 0 Å². The molecule has 146 valence electrons. The molecule has 1 atom stereocenters. The van der Waals surface area contributed by atoms with Crippen molar-refractivity contribution in [3.05, 3.63) is 34.4 Å². The van der Waals surface area contributed by atoms with Gasteiger partial charge in [-0.05, 0) is 69.5 Å². The van der Waals surface area contributed by atoms with Gasteiger partial charge in [0.2, 0.25) is 0 Å². The molecule has 3 rings (SSSR count). The van der Waals surface area contributed by atoms with Gasteiger partial charge in [0.05, 0.1) is 6.10 Å². The van der Waals surface area contributed by atoms with Crippen LogP contribution in [-0.4, -0.2) is 74.2 Å². The van der Waals surface area contributed by atoms with Crippen molar-refractivity contribution in [3.8, 4) is 0 Å². The Morgan fingerprint density at radius 3 is 2.46 bits per heavy atom. The predicted molar refractivity (Wildman–Crippen MR) is 109 cm³/mol. The summed E-state index contributed by atoms with van der Waals surface area (Å²) in [6.45, 7) is 13.3. The molecule has 0 aliphatic carbocycles. The Labute approximate surface area is 160 Å². The summed E-state index contributed by atoms with van der Waals surface area (Å²) in [5.74, 6) is 0. The Kier molecular flexibility index (Phi) is 7.10. The van der Waals surface area contributed by atoms with Crippen molar-refractivity contribution >= 4 is 0 Å². The molecule has 2 aliphatic rings. The Hall–Kier alpha value is -0.940. The van der Waals surface area contributed by atoms with Gasteiger partial charge in [0.15, 0.2) is 0 Å². The fourth-order valence-corrected chi connectivity index (χ4v) is 4.19. The highest BCUT2D eigenvalue weighted by atomic mass is 16.5. The van der Waals surface area contributed by atoms with E-state index in [1.54, 1.807) is 0 Å². The van der Waals surface area contributed by atoms with Gasteiger partial charge in [0, 0.05) is 52.4 Å². The average Bonchev–Trinajstić information content (AvgIpc) is 2.62. The van der Waals surface area contributed by atoms with Crippen LogP contribution in [0.15, 0.2) is 12.1 Å². The van der Waals surface area contributed by atoms with Crippen molar-refractivity contribution in [1.82, 2.24) is 14.7 Å². The van der Waals surface area contributed by atoms with Gasteiger partial charge >= 0.3 is 0 Å². The number of piperazine rings is 1. The summed E-state index contributed by atoms with van der Waals surface area (Å²) in [4.78, 5) is 7.46. The average molecular weight is 360 g/mol. The van der Waals surface area contributed by atoms with Crippen LogP contribution in [0.25, 0.3) is 0 Å². The van der Waals surface area contributed by atoms with E-state index in [1.807, 2.05) is 0 Å². The molecular formula is C22H37N3O. The molecule has 0 radical (unpaired) electrons. The molecule has 0 saturated carbocycles. The lowest BCUT2D eigenvalue weighted by atomic mass is 9.98. The van der Waals surface area contributed by atoms with Crippen LogP contribution in [0.2, 0.25) is 0 Å². The summed E-state index contributed by atoms with van der Waals surface area (Å²) >= 11 is 0. The molecular weight excluding hydrogens is 322 g/mol. The normalized spacial score (nSPS) is 22.9. The first-order valence-electron chi connectivity index (χ1n) is 10.3. The van der Waals surface area contributed by atoms with Crippen molar-refractivity contribution in [2.24, 2.45) is 0 Å². The van der Waals surface area contributed by atoms with Crippen molar-refractivity contribution in [2.45, 2.75) is 52.3 Å². The number of likely N-dealkylation sites (N-methyl/N-ethyl adjacent to an activating group) is 2.